The highest BCUT2D eigenvalue weighted by Gasteiger charge is 2.04. The second-order valence-electron chi connectivity index (χ2n) is 5.41. The van der Waals surface area contributed by atoms with E-state index in [2.05, 4.69) is 29.4 Å². The first kappa shape index (κ1) is 14.3. The van der Waals surface area contributed by atoms with Crippen LogP contribution < -0.4 is 0 Å². The molecule has 0 radical (unpaired) electrons. The number of benzene rings is 2. The zero-order valence-corrected chi connectivity index (χ0v) is 12.6. The van der Waals surface area contributed by atoms with E-state index in [-0.39, 0.29) is 5.78 Å². The van der Waals surface area contributed by atoms with Gasteiger partial charge in [-0.25, -0.2) is 4.68 Å². The fourth-order valence-electron chi connectivity index (χ4n) is 2.38. The minimum atomic E-state index is 0.230. The first-order valence-electron chi connectivity index (χ1n) is 7.41. The predicted molar refractivity (Wildman–Crippen MR) is 88.0 cm³/mol. The maximum atomic E-state index is 11.0. The van der Waals surface area contributed by atoms with Gasteiger partial charge in [0.15, 0.2) is 0 Å². The number of ketones is 1. The summed E-state index contributed by atoms with van der Waals surface area (Å²) in [5, 5.41) is 4.42. The zero-order chi connectivity index (χ0) is 15.4. The molecule has 22 heavy (non-hydrogen) atoms. The Morgan fingerprint density at radius 3 is 2.41 bits per heavy atom. The standard InChI is InChI=1S/C19H18N2O/c1-15(22)7-8-16-9-11-17(12-10-16)18-13-20-21(14-18)19-5-3-2-4-6-19/h2-6,9-14H,7-8H2,1H3. The summed E-state index contributed by atoms with van der Waals surface area (Å²) in [6, 6.07) is 18.4. The van der Waals surface area contributed by atoms with E-state index < -0.39 is 0 Å². The minimum Gasteiger partial charge on any atom is -0.300 e. The highest BCUT2D eigenvalue weighted by atomic mass is 16.1. The van der Waals surface area contributed by atoms with Gasteiger partial charge in [0, 0.05) is 18.2 Å². The lowest BCUT2D eigenvalue weighted by Gasteiger charge is -2.02. The molecule has 0 fully saturated rings. The molecule has 0 bridgehead atoms. The summed E-state index contributed by atoms with van der Waals surface area (Å²) in [5.74, 6) is 0.230. The van der Waals surface area contributed by atoms with Crippen molar-refractivity contribution >= 4 is 5.78 Å². The van der Waals surface area contributed by atoms with E-state index >= 15 is 0 Å². The minimum absolute atomic E-state index is 0.230. The molecule has 0 aliphatic heterocycles. The number of para-hydroxylation sites is 1. The molecule has 3 aromatic rings. The first-order chi connectivity index (χ1) is 10.7. The van der Waals surface area contributed by atoms with Gasteiger partial charge >= 0.3 is 0 Å². The van der Waals surface area contributed by atoms with Crippen molar-refractivity contribution in [3.63, 3.8) is 0 Å². The molecule has 3 nitrogen and oxygen atoms in total. The lowest BCUT2D eigenvalue weighted by molar-refractivity contribution is -0.116. The molecule has 1 aromatic heterocycles. The van der Waals surface area contributed by atoms with Gasteiger partial charge in [-0.15, -0.1) is 0 Å². The molecule has 0 amide bonds. The van der Waals surface area contributed by atoms with E-state index in [0.717, 1.165) is 23.2 Å². The molecule has 0 aliphatic rings. The van der Waals surface area contributed by atoms with Gasteiger partial charge in [-0.1, -0.05) is 42.5 Å². The number of hydrogen-bond donors (Lipinski definition) is 0. The van der Waals surface area contributed by atoms with E-state index in [1.807, 2.05) is 47.4 Å². The topological polar surface area (TPSA) is 34.9 Å². The third-order valence-electron chi connectivity index (χ3n) is 3.66. The molecule has 0 saturated heterocycles. The number of Topliss-reactive ketones (excluding diaryl/α,β-unsaturated/α-hetero) is 1. The molecule has 2 aromatic carbocycles. The quantitative estimate of drug-likeness (QED) is 0.710. The molecular weight excluding hydrogens is 272 g/mol. The van der Waals surface area contributed by atoms with Gasteiger partial charge in [0.25, 0.3) is 0 Å². The predicted octanol–water partition coefficient (Wildman–Crippen LogP) is 4.06. The Morgan fingerprint density at radius 2 is 1.73 bits per heavy atom. The van der Waals surface area contributed by atoms with Crippen LogP contribution in [0.3, 0.4) is 0 Å². The number of carbonyl (C=O) groups is 1. The highest BCUT2D eigenvalue weighted by molar-refractivity contribution is 5.75. The van der Waals surface area contributed by atoms with Crippen LogP contribution in [0.4, 0.5) is 0 Å². The van der Waals surface area contributed by atoms with Crippen LogP contribution >= 0.6 is 0 Å². The number of carbonyl (C=O) groups excluding carboxylic acids is 1. The summed E-state index contributed by atoms with van der Waals surface area (Å²) in [6.45, 7) is 1.63. The van der Waals surface area contributed by atoms with E-state index in [0.29, 0.717) is 6.42 Å². The summed E-state index contributed by atoms with van der Waals surface area (Å²) >= 11 is 0. The van der Waals surface area contributed by atoms with Crippen LogP contribution in [0, 0.1) is 0 Å². The molecule has 3 rings (SSSR count). The second-order valence-corrected chi connectivity index (χ2v) is 5.41. The van der Waals surface area contributed by atoms with E-state index in [1.165, 1.54) is 5.56 Å². The molecule has 0 atom stereocenters. The van der Waals surface area contributed by atoms with E-state index in [1.54, 1.807) is 6.92 Å². The molecule has 0 unspecified atom stereocenters. The summed E-state index contributed by atoms with van der Waals surface area (Å²) in [7, 11) is 0. The lowest BCUT2D eigenvalue weighted by Crippen LogP contribution is -1.93. The fraction of sp³-hybridized carbons (Fsp3) is 0.158. The third kappa shape index (κ3) is 3.31. The summed E-state index contributed by atoms with van der Waals surface area (Å²) < 4.78 is 1.87. The molecule has 110 valence electrons. The van der Waals surface area contributed by atoms with Crippen molar-refractivity contribution in [2.75, 3.05) is 0 Å². The molecule has 0 saturated carbocycles. The van der Waals surface area contributed by atoms with Crippen LogP contribution in [-0.4, -0.2) is 15.6 Å². The Labute approximate surface area is 130 Å². The van der Waals surface area contributed by atoms with Gasteiger partial charge in [-0.05, 0) is 36.6 Å². The zero-order valence-electron chi connectivity index (χ0n) is 12.6. The average molecular weight is 290 g/mol. The van der Waals surface area contributed by atoms with Crippen LogP contribution in [0.5, 0.6) is 0 Å². The molecule has 3 heteroatoms. The Bertz CT molecular complexity index is 758. The first-order valence-corrected chi connectivity index (χ1v) is 7.41. The average Bonchev–Trinajstić information content (AvgIpc) is 3.04. The van der Waals surface area contributed by atoms with Crippen LogP contribution in [-0.2, 0) is 11.2 Å². The van der Waals surface area contributed by atoms with Crippen LogP contribution in [0.1, 0.15) is 18.9 Å². The van der Waals surface area contributed by atoms with Gasteiger partial charge in [-0.2, -0.15) is 5.10 Å². The van der Waals surface area contributed by atoms with Gasteiger partial charge in [0.05, 0.1) is 11.9 Å². The van der Waals surface area contributed by atoms with Gasteiger partial charge < -0.3 is 4.79 Å². The Hall–Kier alpha value is -2.68. The smallest absolute Gasteiger partial charge is 0.130 e. The molecule has 0 aliphatic carbocycles. The molecule has 0 spiro atoms. The van der Waals surface area contributed by atoms with E-state index in [4.69, 9.17) is 0 Å². The molecule has 0 N–H and O–H groups in total. The largest absolute Gasteiger partial charge is 0.300 e. The highest BCUT2D eigenvalue weighted by Crippen LogP contribution is 2.21. The molecular formula is C19H18N2O. The second kappa shape index (κ2) is 6.39. The number of hydrogen-bond acceptors (Lipinski definition) is 2. The van der Waals surface area contributed by atoms with Gasteiger partial charge in [0.2, 0.25) is 0 Å². The number of aryl methyl sites for hydroxylation is 1. The van der Waals surface area contributed by atoms with Crippen LogP contribution in [0.25, 0.3) is 16.8 Å². The molecule has 1 heterocycles. The number of nitrogens with zero attached hydrogens (tertiary/aromatic N) is 2. The maximum Gasteiger partial charge on any atom is 0.130 e. The van der Waals surface area contributed by atoms with Crippen LogP contribution in [0.15, 0.2) is 67.0 Å². The summed E-state index contributed by atoms with van der Waals surface area (Å²) in [6.07, 6.45) is 5.31. The lowest BCUT2D eigenvalue weighted by atomic mass is 10.0. The maximum absolute atomic E-state index is 11.0. The summed E-state index contributed by atoms with van der Waals surface area (Å²) in [4.78, 5) is 11.0. The van der Waals surface area contributed by atoms with Gasteiger partial charge in [-0.3, -0.25) is 0 Å². The third-order valence-corrected chi connectivity index (χ3v) is 3.66. The van der Waals surface area contributed by atoms with Crippen molar-refractivity contribution in [1.29, 1.82) is 0 Å². The van der Waals surface area contributed by atoms with Crippen molar-refractivity contribution < 1.29 is 4.79 Å². The Kier molecular flexibility index (Phi) is 4.15. The number of rotatable bonds is 5. The van der Waals surface area contributed by atoms with E-state index in [9.17, 15) is 4.79 Å². The van der Waals surface area contributed by atoms with Crippen molar-refractivity contribution in [1.82, 2.24) is 9.78 Å². The monoisotopic (exact) mass is 290 g/mol. The SMILES string of the molecule is CC(=O)CCc1ccc(-c2cnn(-c3ccccc3)c2)cc1. The van der Waals surface area contributed by atoms with Crippen molar-refractivity contribution in [2.45, 2.75) is 19.8 Å². The normalized spacial score (nSPS) is 10.6. The van der Waals surface area contributed by atoms with Crippen molar-refractivity contribution in [2.24, 2.45) is 0 Å². The Morgan fingerprint density at radius 1 is 1.00 bits per heavy atom. The Balaban J connectivity index is 1.77. The number of aromatic nitrogens is 2. The van der Waals surface area contributed by atoms with Gasteiger partial charge in [0.1, 0.15) is 5.78 Å². The van der Waals surface area contributed by atoms with Crippen molar-refractivity contribution in [3.05, 3.63) is 72.6 Å². The summed E-state index contributed by atoms with van der Waals surface area (Å²) in [5.41, 5.74) is 4.46. The van der Waals surface area contributed by atoms with Crippen LogP contribution in [0.2, 0.25) is 0 Å². The fourth-order valence-corrected chi connectivity index (χ4v) is 2.38. The van der Waals surface area contributed by atoms with Crippen molar-refractivity contribution in [3.8, 4) is 16.8 Å².